The standard InChI is InChI=1S/C15H22N4O3/c1-9(2)14(21)19-7-15(8-19)6-18(11(4)20)5-12(15)13-16-10(3)17-22-13/h9,12H,5-8H2,1-4H3. The van der Waals surface area contributed by atoms with Gasteiger partial charge in [0.1, 0.15) is 0 Å². The van der Waals surface area contributed by atoms with Crippen molar-refractivity contribution in [3.05, 3.63) is 11.7 Å². The lowest BCUT2D eigenvalue weighted by molar-refractivity contribution is -0.147. The van der Waals surface area contributed by atoms with Gasteiger partial charge in [-0.1, -0.05) is 19.0 Å². The van der Waals surface area contributed by atoms with Crippen LogP contribution in [0.3, 0.4) is 0 Å². The number of carbonyl (C=O) groups excluding carboxylic acids is 2. The molecule has 0 aliphatic carbocycles. The lowest BCUT2D eigenvalue weighted by atomic mass is 9.71. The maximum Gasteiger partial charge on any atom is 0.232 e. The van der Waals surface area contributed by atoms with Crippen LogP contribution < -0.4 is 0 Å². The van der Waals surface area contributed by atoms with Gasteiger partial charge in [-0.3, -0.25) is 9.59 Å². The summed E-state index contributed by atoms with van der Waals surface area (Å²) in [5, 5.41) is 3.87. The monoisotopic (exact) mass is 306 g/mol. The summed E-state index contributed by atoms with van der Waals surface area (Å²) in [7, 11) is 0. The smallest absolute Gasteiger partial charge is 0.232 e. The molecular weight excluding hydrogens is 284 g/mol. The van der Waals surface area contributed by atoms with Crippen molar-refractivity contribution in [1.82, 2.24) is 19.9 Å². The summed E-state index contributed by atoms with van der Waals surface area (Å²) in [5.41, 5.74) is -0.144. The Hall–Kier alpha value is -1.92. The number of nitrogens with zero attached hydrogens (tertiary/aromatic N) is 4. The zero-order valence-corrected chi connectivity index (χ0v) is 13.5. The molecule has 22 heavy (non-hydrogen) atoms. The predicted molar refractivity (Wildman–Crippen MR) is 77.9 cm³/mol. The average Bonchev–Trinajstić information content (AvgIpc) is 2.99. The van der Waals surface area contributed by atoms with E-state index in [1.165, 1.54) is 0 Å². The highest BCUT2D eigenvalue weighted by Crippen LogP contribution is 2.49. The Morgan fingerprint density at radius 3 is 2.41 bits per heavy atom. The van der Waals surface area contributed by atoms with Crippen molar-refractivity contribution in [2.24, 2.45) is 11.3 Å². The van der Waals surface area contributed by atoms with Crippen LogP contribution in [0.2, 0.25) is 0 Å². The third-order valence-electron chi connectivity index (χ3n) is 4.75. The second-order valence-electron chi connectivity index (χ2n) is 6.84. The summed E-state index contributed by atoms with van der Waals surface area (Å²) in [6, 6.07) is 0. The normalized spacial score (nSPS) is 23.2. The Balaban J connectivity index is 1.82. The number of aryl methyl sites for hydroxylation is 1. The van der Waals surface area contributed by atoms with Crippen LogP contribution >= 0.6 is 0 Å². The molecule has 0 saturated carbocycles. The maximum atomic E-state index is 12.1. The number of hydrogen-bond donors (Lipinski definition) is 0. The van der Waals surface area contributed by atoms with Crippen LogP contribution in [0.4, 0.5) is 0 Å². The molecule has 7 nitrogen and oxygen atoms in total. The molecule has 120 valence electrons. The van der Waals surface area contributed by atoms with Gasteiger partial charge in [0.05, 0.1) is 5.92 Å². The average molecular weight is 306 g/mol. The van der Waals surface area contributed by atoms with E-state index in [0.29, 0.717) is 37.9 Å². The van der Waals surface area contributed by atoms with Gasteiger partial charge in [0.2, 0.25) is 17.7 Å². The van der Waals surface area contributed by atoms with Crippen LogP contribution in [-0.2, 0) is 9.59 Å². The van der Waals surface area contributed by atoms with Crippen LogP contribution in [0.25, 0.3) is 0 Å². The van der Waals surface area contributed by atoms with Crippen LogP contribution in [0.5, 0.6) is 0 Å². The SMILES string of the molecule is CC(=O)N1CC(c2nc(C)no2)C2(C1)CN(C(=O)C(C)C)C2. The first-order valence-electron chi connectivity index (χ1n) is 7.67. The minimum Gasteiger partial charge on any atom is -0.341 e. The molecule has 1 unspecified atom stereocenters. The fraction of sp³-hybridized carbons (Fsp3) is 0.733. The number of likely N-dealkylation sites (tertiary alicyclic amines) is 2. The van der Waals surface area contributed by atoms with Gasteiger partial charge < -0.3 is 14.3 Å². The van der Waals surface area contributed by atoms with Gasteiger partial charge in [0.15, 0.2) is 5.82 Å². The topological polar surface area (TPSA) is 79.5 Å². The van der Waals surface area contributed by atoms with Crippen LogP contribution in [0.1, 0.15) is 38.4 Å². The first-order valence-corrected chi connectivity index (χ1v) is 7.67. The molecule has 0 aromatic carbocycles. The van der Waals surface area contributed by atoms with Gasteiger partial charge in [-0.2, -0.15) is 4.98 Å². The molecule has 2 amide bonds. The number of aromatic nitrogens is 2. The molecule has 0 bridgehead atoms. The lowest BCUT2D eigenvalue weighted by Crippen LogP contribution is -2.62. The fourth-order valence-corrected chi connectivity index (χ4v) is 3.56. The molecule has 1 spiro atoms. The minimum atomic E-state index is -0.144. The summed E-state index contributed by atoms with van der Waals surface area (Å²) in [6.07, 6.45) is 0. The number of amides is 2. The zero-order valence-electron chi connectivity index (χ0n) is 13.5. The Bertz CT molecular complexity index is 604. The Morgan fingerprint density at radius 2 is 1.91 bits per heavy atom. The van der Waals surface area contributed by atoms with Crippen molar-refractivity contribution >= 4 is 11.8 Å². The van der Waals surface area contributed by atoms with E-state index in [1.54, 1.807) is 13.8 Å². The molecule has 0 N–H and O–H groups in total. The predicted octanol–water partition coefficient (Wildman–Crippen LogP) is 0.808. The fourth-order valence-electron chi connectivity index (χ4n) is 3.56. The molecule has 1 aromatic rings. The maximum absolute atomic E-state index is 12.1. The summed E-state index contributed by atoms with van der Waals surface area (Å²) >= 11 is 0. The first kappa shape index (κ1) is 15.0. The third kappa shape index (κ3) is 2.28. The van der Waals surface area contributed by atoms with E-state index in [-0.39, 0.29) is 29.1 Å². The Morgan fingerprint density at radius 1 is 1.27 bits per heavy atom. The number of rotatable bonds is 2. The van der Waals surface area contributed by atoms with E-state index >= 15 is 0 Å². The van der Waals surface area contributed by atoms with Crippen molar-refractivity contribution < 1.29 is 14.1 Å². The van der Waals surface area contributed by atoms with Crippen molar-refractivity contribution in [3.8, 4) is 0 Å². The van der Waals surface area contributed by atoms with E-state index in [0.717, 1.165) is 0 Å². The van der Waals surface area contributed by atoms with E-state index < -0.39 is 0 Å². The molecule has 1 aromatic heterocycles. The second kappa shape index (κ2) is 5.07. The van der Waals surface area contributed by atoms with Crippen molar-refractivity contribution in [2.75, 3.05) is 26.2 Å². The molecule has 0 radical (unpaired) electrons. The van der Waals surface area contributed by atoms with Crippen molar-refractivity contribution in [3.63, 3.8) is 0 Å². The van der Waals surface area contributed by atoms with Crippen molar-refractivity contribution in [2.45, 2.75) is 33.6 Å². The quantitative estimate of drug-likeness (QED) is 0.808. The van der Waals surface area contributed by atoms with Gasteiger partial charge >= 0.3 is 0 Å². The molecule has 2 fully saturated rings. The molecular formula is C15H22N4O3. The molecule has 3 rings (SSSR count). The van der Waals surface area contributed by atoms with E-state index in [2.05, 4.69) is 10.1 Å². The molecule has 1 atom stereocenters. The van der Waals surface area contributed by atoms with E-state index in [1.807, 2.05) is 23.6 Å². The minimum absolute atomic E-state index is 0.00763. The summed E-state index contributed by atoms with van der Waals surface area (Å²) in [6.45, 7) is 9.71. The summed E-state index contributed by atoms with van der Waals surface area (Å²) in [4.78, 5) is 31.9. The van der Waals surface area contributed by atoms with E-state index in [4.69, 9.17) is 4.52 Å². The molecule has 3 heterocycles. The third-order valence-corrected chi connectivity index (χ3v) is 4.75. The zero-order chi connectivity index (χ0) is 16.1. The van der Waals surface area contributed by atoms with Gasteiger partial charge in [-0.05, 0) is 6.92 Å². The molecule has 7 heteroatoms. The van der Waals surface area contributed by atoms with Gasteiger partial charge in [0.25, 0.3) is 0 Å². The summed E-state index contributed by atoms with van der Waals surface area (Å²) < 4.78 is 5.35. The highest BCUT2D eigenvalue weighted by molar-refractivity contribution is 5.79. The van der Waals surface area contributed by atoms with Crippen LogP contribution in [0, 0.1) is 18.3 Å². The molecule has 2 saturated heterocycles. The Labute approximate surface area is 129 Å². The highest BCUT2D eigenvalue weighted by Gasteiger charge is 2.58. The van der Waals surface area contributed by atoms with Crippen LogP contribution in [0.15, 0.2) is 4.52 Å². The highest BCUT2D eigenvalue weighted by atomic mass is 16.5. The largest absolute Gasteiger partial charge is 0.341 e. The molecule has 2 aliphatic heterocycles. The van der Waals surface area contributed by atoms with E-state index in [9.17, 15) is 9.59 Å². The first-order chi connectivity index (χ1) is 10.3. The van der Waals surface area contributed by atoms with Crippen LogP contribution in [-0.4, -0.2) is 57.9 Å². The number of hydrogen-bond acceptors (Lipinski definition) is 5. The summed E-state index contributed by atoms with van der Waals surface area (Å²) in [5.74, 6) is 1.39. The van der Waals surface area contributed by atoms with Gasteiger partial charge in [-0.25, -0.2) is 0 Å². The van der Waals surface area contributed by atoms with Gasteiger partial charge in [0, 0.05) is 44.4 Å². The molecule has 2 aliphatic rings. The lowest BCUT2D eigenvalue weighted by Gasteiger charge is -2.50. The number of carbonyl (C=O) groups is 2. The Kier molecular flexibility index (Phi) is 3.45. The second-order valence-corrected chi connectivity index (χ2v) is 6.84. The van der Waals surface area contributed by atoms with Gasteiger partial charge in [-0.15, -0.1) is 0 Å². The van der Waals surface area contributed by atoms with Crippen molar-refractivity contribution in [1.29, 1.82) is 0 Å².